The summed E-state index contributed by atoms with van der Waals surface area (Å²) in [5.41, 5.74) is 2.69. The van der Waals surface area contributed by atoms with Crippen LogP contribution in [0.2, 0.25) is 5.02 Å². The van der Waals surface area contributed by atoms with Crippen LogP contribution in [0.3, 0.4) is 0 Å². The average Bonchev–Trinajstić information content (AvgIpc) is 2.53. The van der Waals surface area contributed by atoms with Gasteiger partial charge in [-0.25, -0.2) is 9.59 Å². The highest BCUT2D eigenvalue weighted by Gasteiger charge is 2.28. The van der Waals surface area contributed by atoms with Gasteiger partial charge in [0, 0.05) is 17.2 Å². The van der Waals surface area contributed by atoms with Crippen LogP contribution in [0.5, 0.6) is 11.5 Å². The van der Waals surface area contributed by atoms with Crippen LogP contribution >= 0.6 is 11.6 Å². The lowest BCUT2D eigenvalue weighted by Gasteiger charge is -2.16. The molecule has 0 radical (unpaired) electrons. The van der Waals surface area contributed by atoms with E-state index in [1.54, 1.807) is 6.92 Å². The fourth-order valence-electron chi connectivity index (χ4n) is 2.47. The average molecular weight is 383 g/mol. The summed E-state index contributed by atoms with van der Waals surface area (Å²) in [5, 5.41) is 18.8. The third kappa shape index (κ3) is 3.29. The van der Waals surface area contributed by atoms with Crippen LogP contribution in [0, 0.1) is 0 Å². The molecule has 0 unspecified atom stereocenters. The van der Waals surface area contributed by atoms with Gasteiger partial charge in [0.15, 0.2) is 11.5 Å². The van der Waals surface area contributed by atoms with E-state index in [0.717, 1.165) is 0 Å². The Morgan fingerprint density at radius 2 is 1.81 bits per heavy atom. The molecule has 0 saturated heterocycles. The highest BCUT2D eigenvalue weighted by Crippen LogP contribution is 2.41. The maximum Gasteiger partial charge on any atom is 0.342 e. The van der Waals surface area contributed by atoms with Crippen molar-refractivity contribution < 1.29 is 29.3 Å². The topological polar surface area (TPSA) is 152 Å². The summed E-state index contributed by atoms with van der Waals surface area (Å²) in [6.45, 7) is 2.05. The summed E-state index contributed by atoms with van der Waals surface area (Å²) < 4.78 is 10.5. The van der Waals surface area contributed by atoms with Crippen molar-refractivity contribution in [1.82, 2.24) is 4.98 Å². The van der Waals surface area contributed by atoms with Crippen molar-refractivity contribution in [2.75, 3.05) is 19.5 Å². The molecule has 0 bridgehead atoms. The number of carboxylic acid groups (broad SMARTS) is 2. The highest BCUT2D eigenvalue weighted by atomic mass is 35.5. The number of aromatic nitrogens is 1. The van der Waals surface area contributed by atoms with Crippen LogP contribution in [0.4, 0.5) is 5.82 Å². The first-order valence-corrected chi connectivity index (χ1v) is 7.63. The zero-order chi connectivity index (χ0) is 19.6. The quantitative estimate of drug-likeness (QED) is 0.592. The molecule has 0 saturated carbocycles. The molecule has 26 heavy (non-hydrogen) atoms. The van der Waals surface area contributed by atoms with Gasteiger partial charge in [0.1, 0.15) is 16.9 Å². The normalized spacial score (nSPS) is 10.4. The number of ether oxygens (including phenoxy) is 2. The smallest absolute Gasteiger partial charge is 0.342 e. The largest absolute Gasteiger partial charge is 0.493 e. The van der Waals surface area contributed by atoms with Gasteiger partial charge in [-0.1, -0.05) is 11.6 Å². The van der Waals surface area contributed by atoms with Crippen molar-refractivity contribution in [2.45, 2.75) is 6.92 Å². The summed E-state index contributed by atoms with van der Waals surface area (Å²) >= 11 is 6.21. The molecule has 1 aromatic carbocycles. The first-order valence-electron chi connectivity index (χ1n) is 7.25. The van der Waals surface area contributed by atoms with Gasteiger partial charge in [0.25, 0.3) is 5.56 Å². The molecule has 5 N–H and O–H groups in total. The second-order valence-corrected chi connectivity index (χ2v) is 5.43. The minimum atomic E-state index is -1.63. The fraction of sp³-hybridized carbons (Fsp3) is 0.188. The van der Waals surface area contributed by atoms with E-state index in [1.807, 2.05) is 4.98 Å². The number of halogens is 1. The predicted octanol–water partition coefficient (Wildman–Crippen LogP) is 2.08. The molecule has 0 spiro atoms. The number of nitrogens with one attached hydrogen (secondary N) is 1. The van der Waals surface area contributed by atoms with Gasteiger partial charge in [0.05, 0.1) is 18.7 Å². The van der Waals surface area contributed by atoms with Crippen molar-refractivity contribution in [3.05, 3.63) is 38.6 Å². The lowest BCUT2D eigenvalue weighted by atomic mass is 9.95. The molecule has 0 fully saturated rings. The van der Waals surface area contributed by atoms with E-state index in [-0.39, 0.29) is 22.1 Å². The van der Waals surface area contributed by atoms with Crippen molar-refractivity contribution in [3.8, 4) is 22.6 Å². The Balaban J connectivity index is 2.98. The summed E-state index contributed by atoms with van der Waals surface area (Å²) in [6, 6.07) is 2.63. The number of carboxylic acids is 2. The van der Waals surface area contributed by atoms with Gasteiger partial charge in [-0.15, -0.1) is 0 Å². The van der Waals surface area contributed by atoms with Crippen LogP contribution in [-0.4, -0.2) is 40.9 Å². The first-order chi connectivity index (χ1) is 12.2. The van der Waals surface area contributed by atoms with Crippen LogP contribution in [0.15, 0.2) is 16.9 Å². The number of hydrogen-bond donors (Lipinski definition) is 4. The van der Waals surface area contributed by atoms with E-state index in [1.165, 1.54) is 19.2 Å². The predicted molar refractivity (Wildman–Crippen MR) is 93.6 cm³/mol. The highest BCUT2D eigenvalue weighted by molar-refractivity contribution is 6.34. The zero-order valence-electron chi connectivity index (χ0n) is 13.8. The number of methoxy groups -OCH3 is 1. The lowest BCUT2D eigenvalue weighted by molar-refractivity contribution is 0.0695. The minimum absolute atomic E-state index is 0.0377. The van der Waals surface area contributed by atoms with Crippen molar-refractivity contribution in [1.29, 1.82) is 0 Å². The summed E-state index contributed by atoms with van der Waals surface area (Å²) in [7, 11) is 1.35. The zero-order valence-corrected chi connectivity index (χ0v) is 14.5. The molecular weight excluding hydrogens is 368 g/mol. The van der Waals surface area contributed by atoms with Gasteiger partial charge in [-0.3, -0.25) is 4.79 Å². The van der Waals surface area contributed by atoms with E-state index in [9.17, 15) is 24.6 Å². The fourth-order valence-corrected chi connectivity index (χ4v) is 2.72. The number of H-pyrrole nitrogens is 1. The molecule has 0 aliphatic carbocycles. The number of carbonyl (C=O) groups is 2. The molecule has 0 aliphatic heterocycles. The standard InChI is InChI=1S/C16H15ClN2O7/c1-3-26-9-5-7(17)6(4-8(9)25-2)10-11(15(21)22)13(18)19-14(20)12(10)16(23)24/h4-5H,3H2,1-2H3,(H,21,22)(H,23,24)(H3,18,19,20). The van der Waals surface area contributed by atoms with Crippen LogP contribution in [0.1, 0.15) is 27.6 Å². The Morgan fingerprint density at radius 1 is 1.19 bits per heavy atom. The number of benzene rings is 1. The Morgan fingerprint density at radius 3 is 2.31 bits per heavy atom. The Bertz CT molecular complexity index is 953. The van der Waals surface area contributed by atoms with Gasteiger partial charge in [0.2, 0.25) is 0 Å². The molecule has 1 heterocycles. The van der Waals surface area contributed by atoms with Gasteiger partial charge >= 0.3 is 11.9 Å². The van der Waals surface area contributed by atoms with Gasteiger partial charge in [-0.2, -0.15) is 0 Å². The van der Waals surface area contributed by atoms with Crippen LogP contribution in [-0.2, 0) is 0 Å². The van der Waals surface area contributed by atoms with Crippen molar-refractivity contribution in [2.24, 2.45) is 0 Å². The number of pyridine rings is 1. The molecule has 0 aliphatic rings. The Kier molecular flexibility index (Phi) is 5.41. The Labute approximate surface area is 151 Å². The maximum absolute atomic E-state index is 12.1. The summed E-state index contributed by atoms with van der Waals surface area (Å²) in [4.78, 5) is 37.3. The van der Waals surface area contributed by atoms with E-state index in [2.05, 4.69) is 0 Å². The van der Waals surface area contributed by atoms with Gasteiger partial charge in [-0.05, 0) is 13.0 Å². The summed E-state index contributed by atoms with van der Waals surface area (Å²) in [5.74, 6) is -3.20. The number of aromatic amines is 1. The van der Waals surface area contributed by atoms with Crippen LogP contribution < -0.4 is 20.8 Å². The van der Waals surface area contributed by atoms with E-state index < -0.39 is 40.0 Å². The third-order valence-corrected chi connectivity index (χ3v) is 3.81. The Hall–Kier alpha value is -3.20. The monoisotopic (exact) mass is 382 g/mol. The number of nitrogen functional groups attached to an aromatic ring is 1. The SMILES string of the molecule is CCOc1cc(Cl)c(-c2c(C(=O)O)c(N)[nH]c(=O)c2C(=O)O)cc1OC. The lowest BCUT2D eigenvalue weighted by Crippen LogP contribution is -2.24. The number of aromatic carboxylic acids is 2. The van der Waals surface area contributed by atoms with E-state index in [0.29, 0.717) is 6.61 Å². The summed E-state index contributed by atoms with van der Waals surface area (Å²) in [6.07, 6.45) is 0. The number of rotatable bonds is 6. The van der Waals surface area contributed by atoms with Crippen molar-refractivity contribution >= 4 is 29.4 Å². The molecule has 10 heteroatoms. The van der Waals surface area contributed by atoms with Crippen LogP contribution in [0.25, 0.3) is 11.1 Å². The second-order valence-electron chi connectivity index (χ2n) is 5.02. The molecule has 2 rings (SSSR count). The van der Waals surface area contributed by atoms with Crippen molar-refractivity contribution in [3.63, 3.8) is 0 Å². The molecule has 2 aromatic rings. The molecule has 9 nitrogen and oxygen atoms in total. The number of anilines is 1. The van der Waals surface area contributed by atoms with E-state index in [4.69, 9.17) is 26.8 Å². The third-order valence-electron chi connectivity index (χ3n) is 3.49. The molecular formula is C16H15ClN2O7. The molecule has 1 aromatic heterocycles. The number of nitrogens with two attached hydrogens (primary N) is 1. The second kappa shape index (κ2) is 7.36. The first kappa shape index (κ1) is 19.1. The molecule has 0 amide bonds. The van der Waals surface area contributed by atoms with Gasteiger partial charge < -0.3 is 30.4 Å². The molecule has 138 valence electrons. The molecule has 0 atom stereocenters. The van der Waals surface area contributed by atoms with E-state index >= 15 is 0 Å². The maximum atomic E-state index is 12.1. The minimum Gasteiger partial charge on any atom is -0.493 e. The number of hydrogen-bond acceptors (Lipinski definition) is 6.